The second kappa shape index (κ2) is 7.03. The van der Waals surface area contributed by atoms with Crippen molar-refractivity contribution in [3.8, 4) is 0 Å². The number of hydrogen-bond donors (Lipinski definition) is 2. The summed E-state index contributed by atoms with van der Waals surface area (Å²) in [4.78, 5) is 16.1. The molecule has 0 bridgehead atoms. The molecule has 0 radical (unpaired) electrons. The Labute approximate surface area is 135 Å². The first-order valence-electron chi connectivity index (χ1n) is 6.68. The number of H-pyrrole nitrogens is 1. The van der Waals surface area contributed by atoms with Crippen LogP contribution in [0.2, 0.25) is 0 Å². The van der Waals surface area contributed by atoms with Gasteiger partial charge in [0.05, 0.1) is 10.8 Å². The van der Waals surface area contributed by atoms with Crippen molar-refractivity contribution in [2.24, 2.45) is 0 Å². The quantitative estimate of drug-likeness (QED) is 0.875. The summed E-state index contributed by atoms with van der Waals surface area (Å²) in [6, 6.07) is 3.95. The summed E-state index contributed by atoms with van der Waals surface area (Å²) < 4.78 is 38.7. The van der Waals surface area contributed by atoms with Gasteiger partial charge in [-0.25, -0.2) is 4.98 Å². The van der Waals surface area contributed by atoms with Crippen LogP contribution in [0, 0.1) is 0 Å². The standard InChI is InChI=1S/C14H15F3N4OS/c1-8(23-2)13(22)20-11(12-18-7-19-21-12)9-4-3-5-10(6-9)14(15,16)17/h3-8,11H,1-2H3,(H,20,22)(H,18,19,21)/t8-,11-/m1/s1. The monoisotopic (exact) mass is 344 g/mol. The highest BCUT2D eigenvalue weighted by Crippen LogP contribution is 2.31. The summed E-state index contributed by atoms with van der Waals surface area (Å²) >= 11 is 1.34. The number of halogens is 3. The number of carbonyl (C=O) groups is 1. The highest BCUT2D eigenvalue weighted by atomic mass is 32.2. The maximum atomic E-state index is 12.9. The summed E-state index contributed by atoms with van der Waals surface area (Å²) in [7, 11) is 0. The Kier molecular flexibility index (Phi) is 5.30. The van der Waals surface area contributed by atoms with Gasteiger partial charge in [-0.15, -0.1) is 0 Å². The molecule has 0 aliphatic carbocycles. The third kappa shape index (κ3) is 4.25. The summed E-state index contributed by atoms with van der Waals surface area (Å²) in [5, 5.41) is 8.65. The number of carbonyl (C=O) groups excluding carboxylic acids is 1. The Morgan fingerprint density at radius 2 is 2.13 bits per heavy atom. The molecule has 124 valence electrons. The molecule has 23 heavy (non-hydrogen) atoms. The van der Waals surface area contributed by atoms with Crippen LogP contribution in [0.15, 0.2) is 30.6 Å². The minimum atomic E-state index is -4.46. The van der Waals surface area contributed by atoms with E-state index in [4.69, 9.17) is 0 Å². The van der Waals surface area contributed by atoms with Crippen LogP contribution in [0.5, 0.6) is 0 Å². The molecule has 2 N–H and O–H groups in total. The zero-order valence-electron chi connectivity index (χ0n) is 12.4. The molecule has 9 heteroatoms. The van der Waals surface area contributed by atoms with E-state index in [0.717, 1.165) is 12.1 Å². The number of aromatic nitrogens is 3. The molecular weight excluding hydrogens is 329 g/mol. The van der Waals surface area contributed by atoms with Crippen LogP contribution < -0.4 is 5.32 Å². The van der Waals surface area contributed by atoms with E-state index < -0.39 is 17.8 Å². The molecule has 0 aliphatic heterocycles. The molecule has 0 fully saturated rings. The third-order valence-corrected chi connectivity index (χ3v) is 4.18. The number of alkyl halides is 3. The average molecular weight is 344 g/mol. The van der Waals surface area contributed by atoms with Gasteiger partial charge in [0, 0.05) is 0 Å². The van der Waals surface area contributed by atoms with Crippen LogP contribution in [0.3, 0.4) is 0 Å². The van der Waals surface area contributed by atoms with Gasteiger partial charge in [-0.1, -0.05) is 12.1 Å². The predicted octanol–water partition coefficient (Wildman–Crippen LogP) is 2.78. The van der Waals surface area contributed by atoms with E-state index in [1.54, 1.807) is 13.2 Å². The van der Waals surface area contributed by atoms with Gasteiger partial charge < -0.3 is 5.32 Å². The topological polar surface area (TPSA) is 70.7 Å². The molecule has 1 aromatic heterocycles. The fourth-order valence-electron chi connectivity index (χ4n) is 1.92. The minimum Gasteiger partial charge on any atom is -0.341 e. The highest BCUT2D eigenvalue weighted by Gasteiger charge is 2.32. The fraction of sp³-hybridized carbons (Fsp3) is 0.357. The van der Waals surface area contributed by atoms with E-state index in [-0.39, 0.29) is 22.5 Å². The lowest BCUT2D eigenvalue weighted by molar-refractivity contribution is -0.137. The van der Waals surface area contributed by atoms with Crippen LogP contribution in [-0.2, 0) is 11.0 Å². The zero-order valence-corrected chi connectivity index (χ0v) is 13.2. The van der Waals surface area contributed by atoms with Crippen molar-refractivity contribution in [2.45, 2.75) is 24.4 Å². The Hall–Kier alpha value is -2.03. The second-order valence-electron chi connectivity index (χ2n) is 4.81. The van der Waals surface area contributed by atoms with Crippen molar-refractivity contribution < 1.29 is 18.0 Å². The van der Waals surface area contributed by atoms with Gasteiger partial charge in [-0.05, 0) is 30.9 Å². The molecule has 2 aromatic rings. The van der Waals surface area contributed by atoms with E-state index in [9.17, 15) is 18.0 Å². The van der Waals surface area contributed by atoms with Crippen LogP contribution in [0.1, 0.15) is 29.9 Å². The van der Waals surface area contributed by atoms with Gasteiger partial charge in [0.1, 0.15) is 12.4 Å². The lowest BCUT2D eigenvalue weighted by Gasteiger charge is -2.20. The minimum absolute atomic E-state index is 0.269. The zero-order chi connectivity index (χ0) is 17.0. The maximum Gasteiger partial charge on any atom is 0.416 e. The normalized spacial score (nSPS) is 14.3. The molecule has 0 aliphatic rings. The van der Waals surface area contributed by atoms with Gasteiger partial charge in [0.15, 0.2) is 5.82 Å². The smallest absolute Gasteiger partial charge is 0.341 e. The summed E-state index contributed by atoms with van der Waals surface area (Å²) in [5.41, 5.74) is -0.509. The fourth-order valence-corrected chi connectivity index (χ4v) is 2.21. The van der Waals surface area contributed by atoms with E-state index in [1.807, 2.05) is 0 Å². The number of hydrogen-bond acceptors (Lipinski definition) is 4. The average Bonchev–Trinajstić information content (AvgIpc) is 3.05. The summed E-state index contributed by atoms with van der Waals surface area (Å²) in [5.74, 6) is -0.0257. The van der Waals surface area contributed by atoms with Gasteiger partial charge in [0.2, 0.25) is 5.91 Å². The highest BCUT2D eigenvalue weighted by molar-refractivity contribution is 7.99. The first kappa shape index (κ1) is 17.3. The van der Waals surface area contributed by atoms with Crippen molar-refractivity contribution in [3.63, 3.8) is 0 Å². The first-order chi connectivity index (χ1) is 10.8. The number of nitrogens with zero attached hydrogens (tertiary/aromatic N) is 2. The number of benzene rings is 1. The van der Waals surface area contributed by atoms with Crippen LogP contribution in [-0.4, -0.2) is 32.6 Å². The molecule has 1 aromatic carbocycles. The Morgan fingerprint density at radius 1 is 1.39 bits per heavy atom. The van der Waals surface area contributed by atoms with E-state index in [1.165, 1.54) is 30.2 Å². The Balaban J connectivity index is 2.37. The summed E-state index contributed by atoms with van der Waals surface area (Å²) in [6.07, 6.45) is -1.45. The Morgan fingerprint density at radius 3 is 2.70 bits per heavy atom. The number of thioether (sulfide) groups is 1. The molecule has 5 nitrogen and oxygen atoms in total. The number of rotatable bonds is 5. The first-order valence-corrected chi connectivity index (χ1v) is 7.97. The molecule has 2 rings (SSSR count). The third-order valence-electron chi connectivity index (χ3n) is 3.26. The van der Waals surface area contributed by atoms with E-state index in [0.29, 0.717) is 0 Å². The number of amides is 1. The van der Waals surface area contributed by atoms with Crippen molar-refractivity contribution in [3.05, 3.63) is 47.5 Å². The number of nitrogens with one attached hydrogen (secondary N) is 2. The van der Waals surface area contributed by atoms with E-state index >= 15 is 0 Å². The van der Waals surface area contributed by atoms with Gasteiger partial charge in [0.25, 0.3) is 0 Å². The van der Waals surface area contributed by atoms with Crippen molar-refractivity contribution >= 4 is 17.7 Å². The van der Waals surface area contributed by atoms with Crippen LogP contribution in [0.4, 0.5) is 13.2 Å². The predicted molar refractivity (Wildman–Crippen MR) is 80.8 cm³/mol. The molecule has 0 saturated carbocycles. The van der Waals surface area contributed by atoms with Gasteiger partial charge in [-0.3, -0.25) is 9.89 Å². The maximum absolute atomic E-state index is 12.9. The van der Waals surface area contributed by atoms with Gasteiger partial charge >= 0.3 is 6.18 Å². The van der Waals surface area contributed by atoms with Crippen molar-refractivity contribution in [2.75, 3.05) is 6.26 Å². The molecule has 0 spiro atoms. The lowest BCUT2D eigenvalue weighted by atomic mass is 10.0. The van der Waals surface area contributed by atoms with E-state index in [2.05, 4.69) is 20.5 Å². The molecule has 1 amide bonds. The summed E-state index contributed by atoms with van der Waals surface area (Å²) in [6.45, 7) is 1.71. The van der Waals surface area contributed by atoms with Crippen LogP contribution in [0.25, 0.3) is 0 Å². The molecule has 0 saturated heterocycles. The SMILES string of the molecule is CS[C@H](C)C(=O)N[C@H](c1cccc(C(F)(F)F)c1)c1ncn[nH]1. The molecule has 2 atom stereocenters. The molecule has 0 unspecified atom stereocenters. The largest absolute Gasteiger partial charge is 0.416 e. The second-order valence-corrected chi connectivity index (χ2v) is 5.99. The molecule has 1 heterocycles. The molecular formula is C14H15F3N4OS. The van der Waals surface area contributed by atoms with Crippen molar-refractivity contribution in [1.29, 1.82) is 0 Å². The number of aromatic amines is 1. The van der Waals surface area contributed by atoms with Gasteiger partial charge in [-0.2, -0.15) is 30.0 Å². The van der Waals surface area contributed by atoms with Crippen molar-refractivity contribution in [1.82, 2.24) is 20.5 Å². The van der Waals surface area contributed by atoms with Crippen LogP contribution >= 0.6 is 11.8 Å². The Bertz CT molecular complexity index is 660. The lowest BCUT2D eigenvalue weighted by Crippen LogP contribution is -2.35.